The smallest absolute Gasteiger partial charge is 0.168 e. The third kappa shape index (κ3) is 2.65. The van der Waals surface area contributed by atoms with E-state index in [0.29, 0.717) is 18.8 Å². The van der Waals surface area contributed by atoms with Gasteiger partial charge in [0, 0.05) is 5.56 Å². The summed E-state index contributed by atoms with van der Waals surface area (Å²) in [6.45, 7) is 2.78. The van der Waals surface area contributed by atoms with Gasteiger partial charge in [-0.1, -0.05) is 0 Å². The zero-order valence-corrected chi connectivity index (χ0v) is 9.03. The second-order valence-electron chi connectivity index (χ2n) is 3.82. The zero-order chi connectivity index (χ0) is 11.5. The maximum atomic E-state index is 13.1. The Kier molecular flexibility index (Phi) is 3.31. The molecule has 1 aliphatic rings. The van der Waals surface area contributed by atoms with Crippen LogP contribution in [0.15, 0.2) is 18.2 Å². The van der Waals surface area contributed by atoms with Crippen molar-refractivity contribution in [2.24, 2.45) is 0 Å². The fourth-order valence-electron chi connectivity index (χ4n) is 1.69. The van der Waals surface area contributed by atoms with E-state index in [2.05, 4.69) is 0 Å². The summed E-state index contributed by atoms with van der Waals surface area (Å²) in [7, 11) is 0. The molecule has 0 radical (unpaired) electrons. The molecule has 1 aliphatic heterocycles. The number of aryl methyl sites for hydroxylation is 1. The van der Waals surface area contributed by atoms with Gasteiger partial charge in [0.15, 0.2) is 12.1 Å². The Morgan fingerprint density at radius 2 is 2.06 bits per heavy atom. The highest BCUT2D eigenvalue weighted by Gasteiger charge is 2.20. The summed E-state index contributed by atoms with van der Waals surface area (Å²) in [4.78, 5) is 11.8. The molecule has 16 heavy (non-hydrogen) atoms. The molecule has 86 valence electrons. The Morgan fingerprint density at radius 1 is 1.38 bits per heavy atom. The number of benzene rings is 1. The average Bonchev–Trinajstić information content (AvgIpc) is 2.68. The Labute approximate surface area is 93.2 Å². The normalized spacial score (nSPS) is 16.6. The first-order chi connectivity index (χ1) is 7.65. The van der Waals surface area contributed by atoms with E-state index in [1.165, 1.54) is 12.1 Å². The van der Waals surface area contributed by atoms with Crippen molar-refractivity contribution < 1.29 is 18.7 Å². The minimum Gasteiger partial charge on any atom is -0.350 e. The summed E-state index contributed by atoms with van der Waals surface area (Å²) in [5.41, 5.74) is 1.10. The number of hydrogen-bond donors (Lipinski definition) is 0. The summed E-state index contributed by atoms with van der Waals surface area (Å²) in [5.74, 6) is -0.550. The molecule has 0 aliphatic carbocycles. The Balaban J connectivity index is 2.07. The van der Waals surface area contributed by atoms with E-state index >= 15 is 0 Å². The van der Waals surface area contributed by atoms with Gasteiger partial charge >= 0.3 is 0 Å². The predicted molar refractivity (Wildman–Crippen MR) is 55.8 cm³/mol. The second kappa shape index (κ2) is 4.72. The number of Topliss-reactive ketones (excluding diaryl/α,β-unsaturated/α-hetero) is 1. The lowest BCUT2D eigenvalue weighted by atomic mass is 10.1. The summed E-state index contributed by atoms with van der Waals surface area (Å²) in [6.07, 6.45) is -0.334. The summed E-state index contributed by atoms with van der Waals surface area (Å²) in [5, 5.41) is 0. The lowest BCUT2D eigenvalue weighted by Crippen LogP contribution is -2.14. The fraction of sp³-hybridized carbons (Fsp3) is 0.417. The average molecular weight is 224 g/mol. The van der Waals surface area contributed by atoms with Gasteiger partial charge < -0.3 is 9.47 Å². The molecule has 1 fully saturated rings. The van der Waals surface area contributed by atoms with Gasteiger partial charge in [0.2, 0.25) is 0 Å². The number of hydrogen-bond acceptors (Lipinski definition) is 3. The molecule has 0 spiro atoms. The minimum atomic E-state index is -0.476. The third-order valence-corrected chi connectivity index (χ3v) is 2.41. The second-order valence-corrected chi connectivity index (χ2v) is 3.82. The van der Waals surface area contributed by atoms with Crippen LogP contribution in [-0.4, -0.2) is 25.3 Å². The summed E-state index contributed by atoms with van der Waals surface area (Å²) < 4.78 is 23.4. The Bertz CT molecular complexity index is 377. The van der Waals surface area contributed by atoms with Crippen LogP contribution >= 0.6 is 0 Å². The number of ketones is 1. The molecule has 0 amide bonds. The number of carbonyl (C=O) groups excluding carboxylic acids is 1. The molecule has 0 aromatic heterocycles. The van der Waals surface area contributed by atoms with Crippen LogP contribution in [0.25, 0.3) is 0 Å². The number of rotatable bonds is 3. The number of carbonyl (C=O) groups is 1. The third-order valence-electron chi connectivity index (χ3n) is 2.41. The van der Waals surface area contributed by atoms with Gasteiger partial charge in [0.05, 0.1) is 19.6 Å². The van der Waals surface area contributed by atoms with Crippen LogP contribution in [0.2, 0.25) is 0 Å². The van der Waals surface area contributed by atoms with Gasteiger partial charge in [0.25, 0.3) is 0 Å². The highest BCUT2D eigenvalue weighted by Crippen LogP contribution is 2.15. The van der Waals surface area contributed by atoms with Crippen molar-refractivity contribution in [2.45, 2.75) is 19.6 Å². The van der Waals surface area contributed by atoms with Gasteiger partial charge in [0.1, 0.15) is 5.82 Å². The lowest BCUT2D eigenvalue weighted by molar-refractivity contribution is -0.0407. The Morgan fingerprint density at radius 3 is 2.69 bits per heavy atom. The van der Waals surface area contributed by atoms with Gasteiger partial charge in [-0.2, -0.15) is 0 Å². The highest BCUT2D eigenvalue weighted by molar-refractivity contribution is 5.96. The van der Waals surface area contributed by atoms with E-state index < -0.39 is 12.1 Å². The SMILES string of the molecule is Cc1cc(F)cc(C(=O)CC2OCCO2)c1. The van der Waals surface area contributed by atoms with Crippen LogP contribution in [0.1, 0.15) is 22.3 Å². The maximum Gasteiger partial charge on any atom is 0.168 e. The van der Waals surface area contributed by atoms with Gasteiger partial charge in [-0.05, 0) is 30.7 Å². The molecule has 0 atom stereocenters. The fourth-order valence-corrected chi connectivity index (χ4v) is 1.69. The van der Waals surface area contributed by atoms with E-state index in [1.807, 2.05) is 0 Å². The van der Waals surface area contributed by atoms with Crippen molar-refractivity contribution >= 4 is 5.78 Å². The van der Waals surface area contributed by atoms with Crippen LogP contribution < -0.4 is 0 Å². The van der Waals surface area contributed by atoms with Gasteiger partial charge in [-0.25, -0.2) is 4.39 Å². The molecule has 0 bridgehead atoms. The summed E-state index contributed by atoms with van der Waals surface area (Å²) in [6, 6.07) is 4.30. The van der Waals surface area contributed by atoms with Crippen LogP contribution in [0.3, 0.4) is 0 Å². The first-order valence-electron chi connectivity index (χ1n) is 5.19. The largest absolute Gasteiger partial charge is 0.350 e. The molecular weight excluding hydrogens is 211 g/mol. The first kappa shape index (κ1) is 11.2. The molecule has 2 rings (SSSR count). The lowest BCUT2D eigenvalue weighted by Gasteiger charge is -2.08. The van der Waals surface area contributed by atoms with Crippen LogP contribution in [0.5, 0.6) is 0 Å². The van der Waals surface area contributed by atoms with E-state index in [-0.39, 0.29) is 12.2 Å². The number of ether oxygens (including phenoxy) is 2. The molecule has 0 N–H and O–H groups in total. The predicted octanol–water partition coefficient (Wildman–Crippen LogP) is 2.08. The van der Waals surface area contributed by atoms with E-state index in [4.69, 9.17) is 9.47 Å². The quantitative estimate of drug-likeness (QED) is 0.737. The molecular formula is C12H13FO3. The van der Waals surface area contributed by atoms with Crippen molar-refractivity contribution in [3.63, 3.8) is 0 Å². The number of halogens is 1. The molecule has 1 saturated heterocycles. The van der Waals surface area contributed by atoms with Crippen molar-refractivity contribution in [1.82, 2.24) is 0 Å². The molecule has 4 heteroatoms. The highest BCUT2D eigenvalue weighted by atomic mass is 19.1. The molecule has 0 unspecified atom stereocenters. The van der Waals surface area contributed by atoms with Crippen molar-refractivity contribution in [3.05, 3.63) is 35.1 Å². The van der Waals surface area contributed by atoms with Crippen molar-refractivity contribution in [3.8, 4) is 0 Å². The molecule has 3 nitrogen and oxygen atoms in total. The topological polar surface area (TPSA) is 35.5 Å². The first-order valence-corrected chi connectivity index (χ1v) is 5.19. The van der Waals surface area contributed by atoms with Crippen LogP contribution in [0.4, 0.5) is 4.39 Å². The van der Waals surface area contributed by atoms with Crippen molar-refractivity contribution in [2.75, 3.05) is 13.2 Å². The molecule has 1 heterocycles. The molecule has 1 aromatic rings. The monoisotopic (exact) mass is 224 g/mol. The van der Waals surface area contributed by atoms with E-state index in [1.54, 1.807) is 13.0 Å². The molecule has 1 aromatic carbocycles. The van der Waals surface area contributed by atoms with Gasteiger partial charge in [-0.3, -0.25) is 4.79 Å². The van der Waals surface area contributed by atoms with E-state index in [9.17, 15) is 9.18 Å². The minimum absolute atomic E-state index is 0.142. The molecule has 0 saturated carbocycles. The van der Waals surface area contributed by atoms with Crippen LogP contribution in [-0.2, 0) is 9.47 Å². The van der Waals surface area contributed by atoms with Crippen molar-refractivity contribution in [1.29, 1.82) is 0 Å². The Hall–Kier alpha value is -1.26. The maximum absolute atomic E-state index is 13.1. The van der Waals surface area contributed by atoms with Crippen LogP contribution in [0, 0.1) is 12.7 Å². The summed E-state index contributed by atoms with van der Waals surface area (Å²) >= 11 is 0. The standard InChI is InChI=1S/C12H13FO3/c1-8-4-9(6-10(13)5-8)11(14)7-12-15-2-3-16-12/h4-6,12H,2-3,7H2,1H3. The zero-order valence-electron chi connectivity index (χ0n) is 9.03. The van der Waals surface area contributed by atoms with E-state index in [0.717, 1.165) is 5.56 Å². The van der Waals surface area contributed by atoms with Gasteiger partial charge in [-0.15, -0.1) is 0 Å².